The van der Waals surface area contributed by atoms with Crippen molar-refractivity contribution in [1.82, 2.24) is 0 Å². The number of benzene rings is 1. The highest BCUT2D eigenvalue weighted by Crippen LogP contribution is 2.38. The predicted molar refractivity (Wildman–Crippen MR) is 90.3 cm³/mol. The van der Waals surface area contributed by atoms with E-state index in [0.29, 0.717) is 15.0 Å². The van der Waals surface area contributed by atoms with Crippen LogP contribution in [0, 0.1) is 19.1 Å². The van der Waals surface area contributed by atoms with E-state index in [4.69, 9.17) is 0 Å². The standard InChI is InChI=1S/C15H21IN2O2/c1-15(2)8-6-11(7-9-15)17(3)12-4-5-14(18(19)20)13(16)10-12/h4-5,10-11H,6-9H2,1-3H3. The van der Waals surface area contributed by atoms with Gasteiger partial charge >= 0.3 is 0 Å². The van der Waals surface area contributed by atoms with Gasteiger partial charge in [-0.1, -0.05) is 13.8 Å². The molecule has 0 bridgehead atoms. The third kappa shape index (κ3) is 3.42. The Labute approximate surface area is 133 Å². The molecule has 1 aliphatic rings. The Morgan fingerprint density at radius 3 is 2.45 bits per heavy atom. The second-order valence-corrected chi connectivity index (χ2v) is 7.56. The lowest BCUT2D eigenvalue weighted by atomic mass is 9.75. The van der Waals surface area contributed by atoms with Crippen LogP contribution in [0.5, 0.6) is 0 Å². The Morgan fingerprint density at radius 2 is 1.95 bits per heavy atom. The Hall–Kier alpha value is -0.850. The topological polar surface area (TPSA) is 46.4 Å². The maximum Gasteiger partial charge on any atom is 0.282 e. The van der Waals surface area contributed by atoms with Gasteiger partial charge in [0.2, 0.25) is 0 Å². The highest BCUT2D eigenvalue weighted by molar-refractivity contribution is 14.1. The van der Waals surface area contributed by atoms with Crippen molar-refractivity contribution in [2.45, 2.75) is 45.6 Å². The van der Waals surface area contributed by atoms with Crippen molar-refractivity contribution in [3.63, 3.8) is 0 Å². The molecule has 1 aliphatic carbocycles. The molecule has 0 radical (unpaired) electrons. The normalized spacial score (nSPS) is 18.8. The van der Waals surface area contributed by atoms with Crippen LogP contribution in [0.1, 0.15) is 39.5 Å². The minimum absolute atomic E-state index is 0.188. The van der Waals surface area contributed by atoms with Gasteiger partial charge < -0.3 is 4.90 Å². The van der Waals surface area contributed by atoms with Crippen molar-refractivity contribution in [1.29, 1.82) is 0 Å². The predicted octanol–water partition coefficient (Wildman–Crippen LogP) is 4.60. The molecule has 0 atom stereocenters. The van der Waals surface area contributed by atoms with E-state index in [9.17, 15) is 10.1 Å². The van der Waals surface area contributed by atoms with Crippen LogP contribution in [-0.2, 0) is 0 Å². The average molecular weight is 388 g/mol. The largest absolute Gasteiger partial charge is 0.372 e. The van der Waals surface area contributed by atoms with E-state index in [1.165, 1.54) is 25.7 Å². The highest BCUT2D eigenvalue weighted by Gasteiger charge is 2.29. The van der Waals surface area contributed by atoms with Crippen LogP contribution < -0.4 is 4.90 Å². The van der Waals surface area contributed by atoms with Gasteiger partial charge in [0.1, 0.15) is 0 Å². The van der Waals surface area contributed by atoms with Crippen molar-refractivity contribution in [2.24, 2.45) is 5.41 Å². The van der Waals surface area contributed by atoms with E-state index < -0.39 is 0 Å². The monoisotopic (exact) mass is 388 g/mol. The fraction of sp³-hybridized carbons (Fsp3) is 0.600. The van der Waals surface area contributed by atoms with Crippen molar-refractivity contribution in [3.05, 3.63) is 31.9 Å². The van der Waals surface area contributed by atoms with E-state index in [1.807, 2.05) is 34.7 Å². The molecule has 110 valence electrons. The van der Waals surface area contributed by atoms with E-state index in [2.05, 4.69) is 25.8 Å². The molecule has 0 aliphatic heterocycles. The Balaban J connectivity index is 2.12. The Morgan fingerprint density at radius 1 is 1.35 bits per heavy atom. The minimum atomic E-state index is -0.325. The number of hydrogen-bond acceptors (Lipinski definition) is 3. The van der Waals surface area contributed by atoms with Gasteiger partial charge in [-0.15, -0.1) is 0 Å². The van der Waals surface area contributed by atoms with Crippen LogP contribution in [0.2, 0.25) is 0 Å². The van der Waals surface area contributed by atoms with E-state index in [0.717, 1.165) is 5.69 Å². The molecule has 4 nitrogen and oxygen atoms in total. The van der Waals surface area contributed by atoms with Crippen molar-refractivity contribution in [2.75, 3.05) is 11.9 Å². The smallest absolute Gasteiger partial charge is 0.282 e. The van der Waals surface area contributed by atoms with Crippen molar-refractivity contribution < 1.29 is 4.92 Å². The number of nitro groups is 1. The summed E-state index contributed by atoms with van der Waals surface area (Å²) in [6, 6.07) is 5.93. The minimum Gasteiger partial charge on any atom is -0.372 e. The fourth-order valence-electron chi connectivity index (χ4n) is 2.85. The molecular formula is C15H21IN2O2. The maximum absolute atomic E-state index is 10.9. The van der Waals surface area contributed by atoms with E-state index >= 15 is 0 Å². The molecule has 1 fully saturated rings. The number of nitrogens with zero attached hydrogens (tertiary/aromatic N) is 2. The Bertz CT molecular complexity index is 507. The van der Waals surface area contributed by atoms with Gasteiger partial charge in [0.25, 0.3) is 5.69 Å². The average Bonchev–Trinajstić information content (AvgIpc) is 2.37. The lowest BCUT2D eigenvalue weighted by Gasteiger charge is -2.39. The van der Waals surface area contributed by atoms with Crippen LogP contribution in [0.25, 0.3) is 0 Å². The molecule has 0 aromatic heterocycles. The zero-order valence-electron chi connectivity index (χ0n) is 12.2. The van der Waals surface area contributed by atoms with Gasteiger partial charge in [-0.3, -0.25) is 10.1 Å². The fourth-order valence-corrected chi connectivity index (χ4v) is 3.54. The molecule has 1 aromatic rings. The summed E-state index contributed by atoms with van der Waals surface area (Å²) >= 11 is 2.04. The van der Waals surface area contributed by atoms with Gasteiger partial charge in [0.05, 0.1) is 8.49 Å². The summed E-state index contributed by atoms with van der Waals surface area (Å²) in [6.07, 6.45) is 4.87. The summed E-state index contributed by atoms with van der Waals surface area (Å²) in [6.45, 7) is 4.66. The molecular weight excluding hydrogens is 367 g/mol. The molecule has 0 saturated heterocycles. The Kier molecular flexibility index (Phi) is 4.56. The molecule has 0 amide bonds. The van der Waals surface area contributed by atoms with Gasteiger partial charge in [0, 0.05) is 24.8 Å². The number of nitro benzene ring substituents is 1. The molecule has 1 aromatic carbocycles. The zero-order valence-corrected chi connectivity index (χ0v) is 14.4. The van der Waals surface area contributed by atoms with Crippen LogP contribution in [0.15, 0.2) is 18.2 Å². The van der Waals surface area contributed by atoms with Crippen molar-refractivity contribution >= 4 is 34.0 Å². The second kappa shape index (κ2) is 5.87. The van der Waals surface area contributed by atoms with Crippen LogP contribution in [0.4, 0.5) is 11.4 Å². The molecule has 0 spiro atoms. The van der Waals surface area contributed by atoms with E-state index in [1.54, 1.807) is 6.07 Å². The van der Waals surface area contributed by atoms with E-state index in [-0.39, 0.29) is 10.6 Å². The van der Waals surface area contributed by atoms with Gasteiger partial charge in [-0.25, -0.2) is 0 Å². The van der Waals surface area contributed by atoms with Gasteiger partial charge in [0.15, 0.2) is 0 Å². The van der Waals surface area contributed by atoms with Crippen molar-refractivity contribution in [3.8, 4) is 0 Å². The van der Waals surface area contributed by atoms with Gasteiger partial charge in [-0.2, -0.15) is 0 Å². The maximum atomic E-state index is 10.9. The lowest BCUT2D eigenvalue weighted by molar-refractivity contribution is -0.385. The number of hydrogen-bond donors (Lipinski definition) is 0. The summed E-state index contributed by atoms with van der Waals surface area (Å²) < 4.78 is 0.702. The first-order valence-corrected chi connectivity index (χ1v) is 8.05. The van der Waals surface area contributed by atoms with Crippen LogP contribution >= 0.6 is 22.6 Å². The lowest BCUT2D eigenvalue weighted by Crippen LogP contribution is -2.37. The first kappa shape index (κ1) is 15.5. The van der Waals surface area contributed by atoms with Crippen LogP contribution in [0.3, 0.4) is 0 Å². The molecule has 20 heavy (non-hydrogen) atoms. The number of anilines is 1. The third-order valence-corrected chi connectivity index (χ3v) is 5.26. The summed E-state index contributed by atoms with van der Waals surface area (Å²) in [5, 5.41) is 10.9. The first-order chi connectivity index (χ1) is 9.30. The third-order valence-electron chi connectivity index (χ3n) is 4.39. The summed E-state index contributed by atoms with van der Waals surface area (Å²) in [7, 11) is 2.10. The number of halogens is 1. The number of rotatable bonds is 3. The first-order valence-electron chi connectivity index (χ1n) is 6.97. The molecule has 2 rings (SSSR count). The SMILES string of the molecule is CN(c1ccc([N+](=O)[O-])c(I)c1)C1CCC(C)(C)CC1. The summed E-state index contributed by atoms with van der Waals surface area (Å²) in [5.41, 5.74) is 1.72. The quantitative estimate of drug-likeness (QED) is 0.432. The summed E-state index contributed by atoms with van der Waals surface area (Å²) in [5.74, 6) is 0. The molecule has 0 N–H and O–H groups in total. The zero-order chi connectivity index (χ0) is 14.9. The molecule has 0 unspecified atom stereocenters. The van der Waals surface area contributed by atoms with Crippen LogP contribution in [-0.4, -0.2) is 18.0 Å². The molecule has 5 heteroatoms. The second-order valence-electron chi connectivity index (χ2n) is 6.40. The summed E-state index contributed by atoms with van der Waals surface area (Å²) in [4.78, 5) is 12.8. The molecule has 0 heterocycles. The highest BCUT2D eigenvalue weighted by atomic mass is 127. The molecule has 1 saturated carbocycles. The van der Waals surface area contributed by atoms with Gasteiger partial charge in [-0.05, 0) is 65.8 Å².